The molecule has 1 unspecified atom stereocenters. The molecule has 0 radical (unpaired) electrons. The van der Waals surface area contributed by atoms with Crippen molar-refractivity contribution in [1.29, 1.82) is 0 Å². The second-order valence-electron chi connectivity index (χ2n) is 6.45. The smallest absolute Gasteiger partial charge is 0.314 e. The first-order valence-corrected chi connectivity index (χ1v) is 10.3. The minimum Gasteiger partial charge on any atom is -0.469 e. The molecule has 0 saturated heterocycles. The van der Waals surface area contributed by atoms with Crippen LogP contribution in [0, 0.1) is 0 Å². The van der Waals surface area contributed by atoms with Gasteiger partial charge >= 0.3 is 5.97 Å². The van der Waals surface area contributed by atoms with Gasteiger partial charge in [-0.15, -0.1) is 0 Å². The number of methoxy groups -OCH3 is 1. The zero-order valence-electron chi connectivity index (χ0n) is 15.0. The molecule has 0 bridgehead atoms. The van der Waals surface area contributed by atoms with Gasteiger partial charge in [-0.25, -0.2) is 8.42 Å². The van der Waals surface area contributed by atoms with Gasteiger partial charge in [-0.2, -0.15) is 0 Å². The SMILES string of the molecule is CCc1ccc(C(=O)c2c(S(C)(=O)=O)cc3n2CCC3C(=O)OC)cc1. The van der Waals surface area contributed by atoms with Crippen molar-refractivity contribution in [3.8, 4) is 0 Å². The van der Waals surface area contributed by atoms with E-state index in [0.29, 0.717) is 24.2 Å². The molecule has 1 atom stereocenters. The number of carbonyl (C=O) groups excluding carboxylic acids is 2. The Morgan fingerprint density at radius 3 is 2.42 bits per heavy atom. The first-order chi connectivity index (χ1) is 12.3. The Kier molecular flexibility index (Phi) is 4.75. The fourth-order valence-corrected chi connectivity index (χ4v) is 4.29. The predicted octanol–water partition coefficient (Wildman–Crippen LogP) is 2.35. The molecule has 2 heterocycles. The molecule has 2 aromatic rings. The van der Waals surface area contributed by atoms with Crippen LogP contribution in [0.1, 0.15) is 46.6 Å². The molecule has 1 aromatic carbocycles. The number of hydrogen-bond acceptors (Lipinski definition) is 5. The third kappa shape index (κ3) is 3.07. The third-order valence-corrected chi connectivity index (χ3v) is 5.93. The number of aromatic nitrogens is 1. The number of fused-ring (bicyclic) bond motifs is 1. The van der Waals surface area contributed by atoms with E-state index in [1.165, 1.54) is 13.2 Å². The van der Waals surface area contributed by atoms with Crippen molar-refractivity contribution in [3.05, 3.63) is 52.8 Å². The third-order valence-electron chi connectivity index (χ3n) is 4.82. The van der Waals surface area contributed by atoms with Crippen LogP contribution < -0.4 is 0 Å². The lowest BCUT2D eigenvalue weighted by molar-refractivity contribution is -0.142. The maximum atomic E-state index is 13.1. The van der Waals surface area contributed by atoms with Crippen LogP contribution in [0.15, 0.2) is 35.2 Å². The summed E-state index contributed by atoms with van der Waals surface area (Å²) in [7, 11) is -2.33. The Morgan fingerprint density at radius 2 is 1.88 bits per heavy atom. The van der Waals surface area contributed by atoms with Gasteiger partial charge in [0.1, 0.15) is 5.69 Å². The van der Waals surface area contributed by atoms with Crippen molar-refractivity contribution < 1.29 is 22.7 Å². The number of carbonyl (C=O) groups is 2. The number of rotatable bonds is 5. The summed E-state index contributed by atoms with van der Waals surface area (Å²) >= 11 is 0. The van der Waals surface area contributed by atoms with E-state index in [4.69, 9.17) is 4.74 Å². The molecule has 6 nitrogen and oxygen atoms in total. The van der Waals surface area contributed by atoms with E-state index in [1.54, 1.807) is 16.7 Å². The van der Waals surface area contributed by atoms with Crippen molar-refractivity contribution >= 4 is 21.6 Å². The largest absolute Gasteiger partial charge is 0.469 e. The van der Waals surface area contributed by atoms with E-state index in [0.717, 1.165) is 18.2 Å². The maximum Gasteiger partial charge on any atom is 0.314 e. The normalized spacial score (nSPS) is 16.3. The van der Waals surface area contributed by atoms with Crippen LogP contribution in [0.25, 0.3) is 0 Å². The van der Waals surface area contributed by atoms with Crippen LogP contribution in [0.2, 0.25) is 0 Å². The van der Waals surface area contributed by atoms with Crippen LogP contribution in [-0.2, 0) is 32.3 Å². The average Bonchev–Trinajstić information content (AvgIpc) is 3.19. The lowest BCUT2D eigenvalue weighted by atomic mass is 10.0. The highest BCUT2D eigenvalue weighted by molar-refractivity contribution is 7.90. The fraction of sp³-hybridized carbons (Fsp3) is 0.368. The van der Waals surface area contributed by atoms with Crippen molar-refractivity contribution in [2.24, 2.45) is 0 Å². The van der Waals surface area contributed by atoms with E-state index < -0.39 is 21.7 Å². The van der Waals surface area contributed by atoms with Crippen molar-refractivity contribution in [2.45, 2.75) is 37.1 Å². The number of sulfone groups is 1. The summed E-state index contributed by atoms with van der Waals surface area (Å²) in [5, 5.41) is 0. The van der Waals surface area contributed by atoms with Gasteiger partial charge in [0.25, 0.3) is 0 Å². The summed E-state index contributed by atoms with van der Waals surface area (Å²) < 4.78 is 31.0. The van der Waals surface area contributed by atoms with E-state index in [1.807, 2.05) is 19.1 Å². The summed E-state index contributed by atoms with van der Waals surface area (Å²) in [6, 6.07) is 8.58. The standard InChI is InChI=1S/C19H21NO5S/c1-4-12-5-7-13(8-6-12)18(21)17-16(26(3,23)24)11-15-14(19(22)25-2)9-10-20(15)17/h5-8,11,14H,4,9-10H2,1-3H3. The summed E-state index contributed by atoms with van der Waals surface area (Å²) in [5.41, 5.74) is 2.16. The van der Waals surface area contributed by atoms with Gasteiger partial charge in [-0.1, -0.05) is 31.2 Å². The monoisotopic (exact) mass is 375 g/mol. The Bertz CT molecular complexity index is 970. The second kappa shape index (κ2) is 6.72. The molecule has 0 spiro atoms. The highest BCUT2D eigenvalue weighted by atomic mass is 32.2. The molecule has 7 heteroatoms. The topological polar surface area (TPSA) is 82.4 Å². The average molecular weight is 375 g/mol. The van der Waals surface area contributed by atoms with E-state index in [2.05, 4.69) is 0 Å². The van der Waals surface area contributed by atoms with Crippen molar-refractivity contribution in [1.82, 2.24) is 4.57 Å². The zero-order valence-corrected chi connectivity index (χ0v) is 15.8. The molecule has 1 aromatic heterocycles. The van der Waals surface area contributed by atoms with Crippen LogP contribution in [0.3, 0.4) is 0 Å². The molecule has 138 valence electrons. The van der Waals surface area contributed by atoms with E-state index >= 15 is 0 Å². The van der Waals surface area contributed by atoms with Crippen LogP contribution in [0.5, 0.6) is 0 Å². The molecule has 0 amide bonds. The number of ketones is 1. The molecule has 0 saturated carbocycles. The van der Waals surface area contributed by atoms with Gasteiger partial charge in [0.2, 0.25) is 5.78 Å². The van der Waals surface area contributed by atoms with Crippen LogP contribution >= 0.6 is 0 Å². The number of hydrogen-bond donors (Lipinski definition) is 0. The molecule has 26 heavy (non-hydrogen) atoms. The summed E-state index contributed by atoms with van der Waals surface area (Å²) in [5.74, 6) is -1.33. The number of benzene rings is 1. The Balaban J connectivity index is 2.14. The Hall–Kier alpha value is -2.41. The number of esters is 1. The van der Waals surface area contributed by atoms with Crippen LogP contribution in [-0.4, -0.2) is 38.1 Å². The van der Waals surface area contributed by atoms with Crippen molar-refractivity contribution in [2.75, 3.05) is 13.4 Å². The first-order valence-electron chi connectivity index (χ1n) is 8.42. The minimum absolute atomic E-state index is 0.0364. The van der Waals surface area contributed by atoms with Gasteiger partial charge in [0, 0.05) is 24.1 Å². The Morgan fingerprint density at radius 1 is 1.23 bits per heavy atom. The Labute approximate surface area is 152 Å². The van der Waals surface area contributed by atoms with E-state index in [9.17, 15) is 18.0 Å². The van der Waals surface area contributed by atoms with E-state index in [-0.39, 0.29) is 16.4 Å². The number of aryl methyl sites for hydroxylation is 1. The molecular formula is C19H21NO5S. The van der Waals surface area contributed by atoms with Gasteiger partial charge in [-0.05, 0) is 24.5 Å². The highest BCUT2D eigenvalue weighted by Gasteiger charge is 2.37. The molecule has 0 N–H and O–H groups in total. The number of ether oxygens (including phenoxy) is 1. The number of nitrogens with zero attached hydrogens (tertiary/aromatic N) is 1. The van der Waals surface area contributed by atoms with Crippen molar-refractivity contribution in [3.63, 3.8) is 0 Å². The predicted molar refractivity (Wildman–Crippen MR) is 96.2 cm³/mol. The molecule has 3 rings (SSSR count). The minimum atomic E-state index is -3.63. The maximum absolute atomic E-state index is 13.1. The van der Waals surface area contributed by atoms with Crippen LogP contribution in [0.4, 0.5) is 0 Å². The summed E-state index contributed by atoms with van der Waals surface area (Å²) in [6.07, 6.45) is 2.41. The summed E-state index contributed by atoms with van der Waals surface area (Å²) in [6.45, 7) is 2.42. The van der Waals surface area contributed by atoms with Gasteiger partial charge in [0.05, 0.1) is 17.9 Å². The first kappa shape index (κ1) is 18.4. The molecule has 0 aliphatic carbocycles. The lowest BCUT2D eigenvalue weighted by Gasteiger charge is -2.08. The molecule has 1 aliphatic rings. The zero-order chi connectivity index (χ0) is 19.1. The molecule has 0 fully saturated rings. The molecular weight excluding hydrogens is 354 g/mol. The summed E-state index contributed by atoms with van der Waals surface area (Å²) in [4.78, 5) is 25.0. The lowest BCUT2D eigenvalue weighted by Crippen LogP contribution is -2.13. The molecule has 1 aliphatic heterocycles. The quantitative estimate of drug-likeness (QED) is 0.592. The second-order valence-corrected chi connectivity index (χ2v) is 8.43. The van der Waals surface area contributed by atoms with Gasteiger partial charge in [0.15, 0.2) is 9.84 Å². The van der Waals surface area contributed by atoms with Gasteiger partial charge in [-0.3, -0.25) is 9.59 Å². The van der Waals surface area contributed by atoms with Gasteiger partial charge < -0.3 is 9.30 Å². The highest BCUT2D eigenvalue weighted by Crippen LogP contribution is 2.36. The fourth-order valence-electron chi connectivity index (χ4n) is 3.40.